The molecule has 0 spiro atoms. The summed E-state index contributed by atoms with van der Waals surface area (Å²) in [6.45, 7) is 0. The monoisotopic (exact) mass is 299 g/mol. The minimum atomic E-state index is -0.266. The minimum absolute atomic E-state index is 0.266. The maximum atomic E-state index is 6.17. The topological polar surface area (TPSA) is 43.8 Å². The van der Waals surface area contributed by atoms with Crippen LogP contribution >= 0.6 is 27.5 Å². The van der Waals surface area contributed by atoms with E-state index in [1.165, 1.54) is 0 Å². The van der Waals surface area contributed by atoms with E-state index in [4.69, 9.17) is 17.3 Å². The van der Waals surface area contributed by atoms with Crippen molar-refractivity contribution in [2.24, 2.45) is 12.8 Å². The average molecular weight is 301 g/mol. The summed E-state index contributed by atoms with van der Waals surface area (Å²) in [4.78, 5) is 0. The van der Waals surface area contributed by atoms with Crippen LogP contribution in [-0.4, -0.2) is 9.78 Å². The van der Waals surface area contributed by atoms with Crippen molar-refractivity contribution in [2.75, 3.05) is 0 Å². The van der Waals surface area contributed by atoms with Gasteiger partial charge in [0.25, 0.3) is 0 Å². The minimum Gasteiger partial charge on any atom is -0.319 e. The Balaban J connectivity index is 2.45. The zero-order valence-electron chi connectivity index (χ0n) is 8.69. The van der Waals surface area contributed by atoms with Gasteiger partial charge in [-0.3, -0.25) is 4.68 Å². The van der Waals surface area contributed by atoms with Gasteiger partial charge in [0, 0.05) is 22.7 Å². The molecule has 16 heavy (non-hydrogen) atoms. The van der Waals surface area contributed by atoms with Crippen molar-refractivity contribution >= 4 is 27.5 Å². The van der Waals surface area contributed by atoms with Crippen LogP contribution < -0.4 is 5.73 Å². The summed E-state index contributed by atoms with van der Waals surface area (Å²) in [7, 11) is 1.86. The molecule has 1 atom stereocenters. The molecule has 5 heteroatoms. The Morgan fingerprint density at radius 2 is 2.19 bits per heavy atom. The Hall–Kier alpha value is -0.840. The standard InChI is InChI=1S/C11H11BrClN3/c1-16-10(4-5-15-16)11(14)8-6-7(12)2-3-9(8)13/h2-6,11H,14H2,1H3. The molecule has 2 rings (SSSR count). The van der Waals surface area contributed by atoms with Crippen LogP contribution in [0.5, 0.6) is 0 Å². The molecule has 0 saturated carbocycles. The molecular weight excluding hydrogens is 289 g/mol. The van der Waals surface area contributed by atoms with Crippen LogP contribution in [0.15, 0.2) is 34.9 Å². The molecule has 0 aliphatic heterocycles. The van der Waals surface area contributed by atoms with Crippen LogP contribution in [0.25, 0.3) is 0 Å². The summed E-state index contributed by atoms with van der Waals surface area (Å²) < 4.78 is 2.71. The van der Waals surface area contributed by atoms with E-state index in [0.29, 0.717) is 5.02 Å². The fraction of sp³-hybridized carbons (Fsp3) is 0.182. The molecular formula is C11H11BrClN3. The van der Waals surface area contributed by atoms with Gasteiger partial charge in [0.05, 0.1) is 11.7 Å². The molecule has 0 amide bonds. The van der Waals surface area contributed by atoms with Crippen LogP contribution in [0.3, 0.4) is 0 Å². The highest BCUT2D eigenvalue weighted by molar-refractivity contribution is 9.10. The van der Waals surface area contributed by atoms with Crippen LogP contribution in [0, 0.1) is 0 Å². The summed E-state index contributed by atoms with van der Waals surface area (Å²) in [6.07, 6.45) is 1.72. The first-order valence-corrected chi connectivity index (χ1v) is 5.95. The first kappa shape index (κ1) is 11.6. The van der Waals surface area contributed by atoms with E-state index in [1.807, 2.05) is 31.3 Å². The lowest BCUT2D eigenvalue weighted by molar-refractivity contribution is 0.673. The Morgan fingerprint density at radius 3 is 2.81 bits per heavy atom. The van der Waals surface area contributed by atoms with Crippen molar-refractivity contribution in [1.29, 1.82) is 0 Å². The van der Waals surface area contributed by atoms with E-state index in [1.54, 1.807) is 10.9 Å². The Kier molecular flexibility index (Phi) is 3.33. The normalized spacial score (nSPS) is 12.8. The second-order valence-corrected chi connectivity index (χ2v) is 4.85. The quantitative estimate of drug-likeness (QED) is 0.927. The third kappa shape index (κ3) is 2.14. The number of halogens is 2. The number of aryl methyl sites for hydroxylation is 1. The van der Waals surface area contributed by atoms with Crippen molar-refractivity contribution < 1.29 is 0 Å². The molecule has 2 N–H and O–H groups in total. The highest BCUT2D eigenvalue weighted by atomic mass is 79.9. The van der Waals surface area contributed by atoms with Gasteiger partial charge in [-0.15, -0.1) is 0 Å². The van der Waals surface area contributed by atoms with Crippen LogP contribution in [0.2, 0.25) is 5.02 Å². The molecule has 0 bridgehead atoms. The first-order chi connectivity index (χ1) is 7.59. The highest BCUT2D eigenvalue weighted by Crippen LogP contribution is 2.28. The predicted molar refractivity (Wildman–Crippen MR) is 68.4 cm³/mol. The van der Waals surface area contributed by atoms with Crippen LogP contribution in [0.1, 0.15) is 17.3 Å². The Labute approximate surface area is 107 Å². The molecule has 0 fully saturated rings. The van der Waals surface area contributed by atoms with E-state index in [9.17, 15) is 0 Å². The van der Waals surface area contributed by atoms with E-state index in [0.717, 1.165) is 15.7 Å². The third-order valence-corrected chi connectivity index (χ3v) is 3.31. The van der Waals surface area contributed by atoms with Gasteiger partial charge in [0.1, 0.15) is 0 Å². The zero-order valence-corrected chi connectivity index (χ0v) is 11.0. The van der Waals surface area contributed by atoms with Gasteiger partial charge in [0.2, 0.25) is 0 Å². The maximum Gasteiger partial charge on any atom is 0.0738 e. The van der Waals surface area contributed by atoms with Crippen molar-refractivity contribution in [1.82, 2.24) is 9.78 Å². The largest absolute Gasteiger partial charge is 0.319 e. The van der Waals surface area contributed by atoms with Crippen molar-refractivity contribution in [3.63, 3.8) is 0 Å². The lowest BCUT2D eigenvalue weighted by Gasteiger charge is -2.14. The molecule has 1 aromatic carbocycles. The molecule has 1 unspecified atom stereocenters. The average Bonchev–Trinajstić information content (AvgIpc) is 2.67. The molecule has 1 aromatic heterocycles. The lowest BCUT2D eigenvalue weighted by atomic mass is 10.0. The smallest absolute Gasteiger partial charge is 0.0738 e. The van der Waals surface area contributed by atoms with E-state index >= 15 is 0 Å². The van der Waals surface area contributed by atoms with Gasteiger partial charge >= 0.3 is 0 Å². The van der Waals surface area contributed by atoms with Gasteiger partial charge in [-0.25, -0.2) is 0 Å². The number of benzene rings is 1. The SMILES string of the molecule is Cn1nccc1C(N)c1cc(Br)ccc1Cl. The van der Waals surface area contributed by atoms with Crippen LogP contribution in [-0.2, 0) is 7.05 Å². The Morgan fingerprint density at radius 1 is 1.44 bits per heavy atom. The van der Waals surface area contributed by atoms with Crippen molar-refractivity contribution in [3.8, 4) is 0 Å². The molecule has 0 aliphatic rings. The van der Waals surface area contributed by atoms with E-state index in [-0.39, 0.29) is 6.04 Å². The molecule has 0 radical (unpaired) electrons. The van der Waals surface area contributed by atoms with Crippen molar-refractivity contribution in [2.45, 2.75) is 6.04 Å². The number of hydrogen-bond acceptors (Lipinski definition) is 2. The van der Waals surface area contributed by atoms with Gasteiger partial charge < -0.3 is 5.73 Å². The first-order valence-electron chi connectivity index (χ1n) is 4.78. The second-order valence-electron chi connectivity index (χ2n) is 3.52. The summed E-state index contributed by atoms with van der Waals surface area (Å²) in [5.74, 6) is 0. The number of rotatable bonds is 2. The molecule has 84 valence electrons. The molecule has 1 heterocycles. The van der Waals surface area contributed by atoms with Gasteiger partial charge in [0.15, 0.2) is 0 Å². The van der Waals surface area contributed by atoms with E-state index < -0.39 is 0 Å². The molecule has 3 nitrogen and oxygen atoms in total. The van der Waals surface area contributed by atoms with Crippen LogP contribution in [0.4, 0.5) is 0 Å². The number of aromatic nitrogens is 2. The predicted octanol–water partition coefficient (Wildman–Crippen LogP) is 2.88. The number of hydrogen-bond donors (Lipinski definition) is 1. The third-order valence-electron chi connectivity index (χ3n) is 2.47. The Bertz CT molecular complexity index is 510. The van der Waals surface area contributed by atoms with E-state index in [2.05, 4.69) is 21.0 Å². The van der Waals surface area contributed by atoms with Gasteiger partial charge in [-0.2, -0.15) is 5.10 Å². The fourth-order valence-electron chi connectivity index (χ4n) is 1.60. The second kappa shape index (κ2) is 4.57. The maximum absolute atomic E-state index is 6.17. The number of nitrogens with two attached hydrogens (primary N) is 1. The summed E-state index contributed by atoms with van der Waals surface area (Å²) >= 11 is 9.54. The van der Waals surface area contributed by atoms with Gasteiger partial charge in [-0.05, 0) is 29.8 Å². The fourth-order valence-corrected chi connectivity index (χ4v) is 2.22. The summed E-state index contributed by atoms with van der Waals surface area (Å²) in [5.41, 5.74) is 7.98. The lowest BCUT2D eigenvalue weighted by Crippen LogP contribution is -2.16. The zero-order chi connectivity index (χ0) is 11.7. The number of nitrogens with zero attached hydrogens (tertiary/aromatic N) is 2. The molecule has 2 aromatic rings. The van der Waals surface area contributed by atoms with Crippen molar-refractivity contribution in [3.05, 3.63) is 51.2 Å². The summed E-state index contributed by atoms with van der Waals surface area (Å²) in [5, 5.41) is 4.76. The summed E-state index contributed by atoms with van der Waals surface area (Å²) in [6, 6.07) is 7.28. The molecule has 0 aliphatic carbocycles. The van der Waals surface area contributed by atoms with Gasteiger partial charge in [-0.1, -0.05) is 27.5 Å². The highest BCUT2D eigenvalue weighted by Gasteiger charge is 2.15. The molecule has 0 saturated heterocycles.